The molecular weight excluding hydrogens is 172 g/mol. The fraction of sp³-hybridized carbons (Fsp3) is 1.00. The first-order chi connectivity index (χ1) is 6.75. The molecule has 2 rings (SSSR count). The lowest BCUT2D eigenvalue weighted by Crippen LogP contribution is -2.51. The molecular formula is C12H24N2. The Bertz CT molecular complexity index is 165. The van der Waals surface area contributed by atoms with Crippen LogP contribution in [0.3, 0.4) is 0 Å². The Morgan fingerprint density at radius 2 is 1.71 bits per heavy atom. The summed E-state index contributed by atoms with van der Waals surface area (Å²) < 4.78 is 0. The first kappa shape index (κ1) is 10.4. The zero-order valence-corrected chi connectivity index (χ0v) is 9.63. The smallest absolute Gasteiger partial charge is 0.0248 e. The molecule has 0 aromatic heterocycles. The van der Waals surface area contributed by atoms with Gasteiger partial charge in [-0.1, -0.05) is 13.8 Å². The predicted octanol–water partition coefficient (Wildman–Crippen LogP) is 2.41. The van der Waals surface area contributed by atoms with Crippen molar-refractivity contribution in [1.29, 1.82) is 0 Å². The van der Waals surface area contributed by atoms with Gasteiger partial charge in [0.15, 0.2) is 0 Å². The summed E-state index contributed by atoms with van der Waals surface area (Å²) in [4.78, 5) is 0. The van der Waals surface area contributed by atoms with Crippen molar-refractivity contribution in [3.63, 3.8) is 0 Å². The van der Waals surface area contributed by atoms with E-state index in [1.165, 1.54) is 45.2 Å². The largest absolute Gasteiger partial charge is 0.255 e. The quantitative estimate of drug-likeness (QED) is 0.693. The molecule has 2 fully saturated rings. The summed E-state index contributed by atoms with van der Waals surface area (Å²) in [5.41, 5.74) is 3.56. The van der Waals surface area contributed by atoms with Crippen LogP contribution in [-0.4, -0.2) is 24.1 Å². The molecule has 2 atom stereocenters. The van der Waals surface area contributed by atoms with Gasteiger partial charge in [-0.15, -0.1) is 0 Å². The Morgan fingerprint density at radius 3 is 2.29 bits per heavy atom. The van der Waals surface area contributed by atoms with Crippen molar-refractivity contribution in [3.05, 3.63) is 0 Å². The van der Waals surface area contributed by atoms with E-state index in [2.05, 4.69) is 24.3 Å². The summed E-state index contributed by atoms with van der Waals surface area (Å²) in [5.74, 6) is 1.85. The van der Waals surface area contributed by atoms with E-state index in [0.717, 1.165) is 17.9 Å². The second kappa shape index (κ2) is 4.63. The third-order valence-corrected chi connectivity index (χ3v) is 3.74. The standard InChI is InChI=1S/C12H24N2/c1-10-7-11(2)9-12(8-10)14-6-4-3-5-13-14/h10-13H,3-9H2,1-2H3. The lowest BCUT2D eigenvalue weighted by molar-refractivity contribution is 0.0455. The van der Waals surface area contributed by atoms with Crippen molar-refractivity contribution >= 4 is 0 Å². The van der Waals surface area contributed by atoms with Crippen molar-refractivity contribution in [2.24, 2.45) is 11.8 Å². The summed E-state index contributed by atoms with van der Waals surface area (Å²) in [6, 6.07) is 0.814. The monoisotopic (exact) mass is 196 g/mol. The van der Waals surface area contributed by atoms with E-state index < -0.39 is 0 Å². The summed E-state index contributed by atoms with van der Waals surface area (Å²) >= 11 is 0. The molecule has 0 amide bonds. The minimum absolute atomic E-state index is 0.814. The van der Waals surface area contributed by atoms with E-state index in [-0.39, 0.29) is 0 Å². The number of hydrogen-bond donors (Lipinski definition) is 1. The van der Waals surface area contributed by atoms with Crippen molar-refractivity contribution in [2.45, 2.75) is 52.0 Å². The highest BCUT2D eigenvalue weighted by Crippen LogP contribution is 2.31. The van der Waals surface area contributed by atoms with Gasteiger partial charge in [0, 0.05) is 19.1 Å². The number of rotatable bonds is 1. The maximum atomic E-state index is 3.56. The number of hydrazine groups is 1. The zero-order valence-electron chi connectivity index (χ0n) is 9.63. The molecule has 1 saturated heterocycles. The van der Waals surface area contributed by atoms with Crippen molar-refractivity contribution < 1.29 is 0 Å². The van der Waals surface area contributed by atoms with Crippen LogP contribution in [-0.2, 0) is 0 Å². The van der Waals surface area contributed by atoms with Crippen LogP contribution in [0.25, 0.3) is 0 Å². The van der Waals surface area contributed by atoms with Crippen LogP contribution in [0.15, 0.2) is 0 Å². The van der Waals surface area contributed by atoms with E-state index in [0.29, 0.717) is 0 Å². The van der Waals surface area contributed by atoms with Crippen molar-refractivity contribution in [2.75, 3.05) is 13.1 Å². The minimum Gasteiger partial charge on any atom is -0.255 e. The second-order valence-electron chi connectivity index (χ2n) is 5.38. The first-order valence-corrected chi connectivity index (χ1v) is 6.26. The molecule has 2 aliphatic rings. The van der Waals surface area contributed by atoms with Gasteiger partial charge in [0.2, 0.25) is 0 Å². The third-order valence-electron chi connectivity index (χ3n) is 3.74. The Morgan fingerprint density at radius 1 is 1.00 bits per heavy atom. The molecule has 2 unspecified atom stereocenters. The van der Waals surface area contributed by atoms with Gasteiger partial charge in [-0.05, 0) is 43.9 Å². The average molecular weight is 196 g/mol. The van der Waals surface area contributed by atoms with Gasteiger partial charge in [-0.2, -0.15) is 0 Å². The van der Waals surface area contributed by atoms with Crippen LogP contribution in [0.2, 0.25) is 0 Å². The van der Waals surface area contributed by atoms with Gasteiger partial charge in [0.05, 0.1) is 0 Å². The molecule has 1 N–H and O–H groups in total. The Hall–Kier alpha value is -0.0800. The minimum atomic E-state index is 0.814. The van der Waals surface area contributed by atoms with Crippen LogP contribution < -0.4 is 5.43 Å². The molecule has 0 bridgehead atoms. The second-order valence-corrected chi connectivity index (χ2v) is 5.38. The number of nitrogens with one attached hydrogen (secondary N) is 1. The molecule has 1 aliphatic heterocycles. The van der Waals surface area contributed by atoms with Crippen LogP contribution in [0.1, 0.15) is 46.0 Å². The molecule has 1 heterocycles. The summed E-state index contributed by atoms with van der Waals surface area (Å²) in [7, 11) is 0. The van der Waals surface area contributed by atoms with Crippen LogP contribution in [0, 0.1) is 11.8 Å². The Labute approximate surface area is 88.0 Å². The first-order valence-electron chi connectivity index (χ1n) is 6.26. The van der Waals surface area contributed by atoms with E-state index in [1.807, 2.05) is 0 Å². The van der Waals surface area contributed by atoms with Crippen molar-refractivity contribution in [3.8, 4) is 0 Å². The molecule has 2 heteroatoms. The highest BCUT2D eigenvalue weighted by molar-refractivity contribution is 4.81. The lowest BCUT2D eigenvalue weighted by atomic mass is 9.80. The van der Waals surface area contributed by atoms with Crippen LogP contribution >= 0.6 is 0 Å². The highest BCUT2D eigenvalue weighted by atomic mass is 15.5. The molecule has 0 spiro atoms. The SMILES string of the molecule is CC1CC(C)CC(N2CCCCN2)C1. The third kappa shape index (κ3) is 2.48. The van der Waals surface area contributed by atoms with Gasteiger partial charge in [-0.25, -0.2) is 5.01 Å². The van der Waals surface area contributed by atoms with Gasteiger partial charge < -0.3 is 0 Å². The normalized spacial score (nSPS) is 41.1. The Kier molecular flexibility index (Phi) is 3.45. The topological polar surface area (TPSA) is 15.3 Å². The molecule has 1 aliphatic carbocycles. The molecule has 0 aromatic carbocycles. The maximum Gasteiger partial charge on any atom is 0.0248 e. The maximum absolute atomic E-state index is 3.56. The predicted molar refractivity (Wildman–Crippen MR) is 59.9 cm³/mol. The summed E-state index contributed by atoms with van der Waals surface area (Å²) in [6.45, 7) is 7.28. The van der Waals surface area contributed by atoms with Gasteiger partial charge >= 0.3 is 0 Å². The number of hydrogen-bond acceptors (Lipinski definition) is 2. The Balaban J connectivity index is 1.88. The summed E-state index contributed by atoms with van der Waals surface area (Å²) in [6.07, 6.45) is 6.97. The van der Waals surface area contributed by atoms with Crippen molar-refractivity contribution in [1.82, 2.24) is 10.4 Å². The van der Waals surface area contributed by atoms with E-state index >= 15 is 0 Å². The van der Waals surface area contributed by atoms with Gasteiger partial charge in [-0.3, -0.25) is 5.43 Å². The average Bonchev–Trinajstić information content (AvgIpc) is 2.18. The summed E-state index contributed by atoms with van der Waals surface area (Å²) in [5, 5.41) is 2.52. The van der Waals surface area contributed by atoms with Gasteiger partial charge in [0.25, 0.3) is 0 Å². The fourth-order valence-electron chi connectivity index (χ4n) is 3.18. The van der Waals surface area contributed by atoms with E-state index in [9.17, 15) is 0 Å². The fourth-order valence-corrected chi connectivity index (χ4v) is 3.18. The lowest BCUT2D eigenvalue weighted by Gasteiger charge is -2.41. The number of nitrogens with zero attached hydrogens (tertiary/aromatic N) is 1. The highest BCUT2D eigenvalue weighted by Gasteiger charge is 2.28. The zero-order chi connectivity index (χ0) is 9.97. The molecule has 1 saturated carbocycles. The molecule has 82 valence electrons. The molecule has 0 radical (unpaired) electrons. The van der Waals surface area contributed by atoms with E-state index in [1.54, 1.807) is 0 Å². The van der Waals surface area contributed by atoms with Crippen LogP contribution in [0.5, 0.6) is 0 Å². The van der Waals surface area contributed by atoms with Gasteiger partial charge in [0.1, 0.15) is 0 Å². The molecule has 14 heavy (non-hydrogen) atoms. The molecule has 0 aromatic rings. The van der Waals surface area contributed by atoms with E-state index in [4.69, 9.17) is 0 Å². The molecule has 2 nitrogen and oxygen atoms in total. The van der Waals surface area contributed by atoms with Crippen LogP contribution in [0.4, 0.5) is 0 Å².